The number of hydrogen-bond donors (Lipinski definition) is 2. The van der Waals surface area contributed by atoms with Crippen LogP contribution in [-0.2, 0) is 6.54 Å². The first-order valence-corrected chi connectivity index (χ1v) is 5.75. The summed E-state index contributed by atoms with van der Waals surface area (Å²) in [6, 6.07) is 2.04. The molecule has 0 bridgehead atoms. The molecular formula is C12H17NO3. The average molecular weight is 223 g/mol. The maximum absolute atomic E-state index is 10.8. The van der Waals surface area contributed by atoms with Crippen molar-refractivity contribution >= 4 is 5.97 Å². The van der Waals surface area contributed by atoms with Crippen LogP contribution in [0.4, 0.5) is 0 Å². The molecule has 0 saturated heterocycles. The summed E-state index contributed by atoms with van der Waals surface area (Å²) in [5, 5.41) is 12.2. The first-order chi connectivity index (χ1) is 7.72. The Morgan fingerprint density at radius 3 is 3.19 bits per heavy atom. The van der Waals surface area contributed by atoms with E-state index in [0.29, 0.717) is 18.3 Å². The topological polar surface area (TPSA) is 62.5 Å². The molecule has 88 valence electrons. The van der Waals surface area contributed by atoms with Gasteiger partial charge in [0.25, 0.3) is 0 Å². The second kappa shape index (κ2) is 4.70. The monoisotopic (exact) mass is 223 g/mol. The first-order valence-electron chi connectivity index (χ1n) is 5.75. The molecular weight excluding hydrogens is 206 g/mol. The van der Waals surface area contributed by atoms with Crippen LogP contribution >= 0.6 is 0 Å². The van der Waals surface area contributed by atoms with Gasteiger partial charge in [0.15, 0.2) is 0 Å². The molecule has 2 unspecified atom stereocenters. The van der Waals surface area contributed by atoms with Gasteiger partial charge in [-0.05, 0) is 24.8 Å². The third-order valence-corrected chi connectivity index (χ3v) is 3.08. The highest BCUT2D eigenvalue weighted by molar-refractivity contribution is 5.88. The van der Waals surface area contributed by atoms with E-state index >= 15 is 0 Å². The Morgan fingerprint density at radius 1 is 1.69 bits per heavy atom. The van der Waals surface area contributed by atoms with Crippen LogP contribution < -0.4 is 5.32 Å². The molecule has 0 radical (unpaired) electrons. The summed E-state index contributed by atoms with van der Waals surface area (Å²) >= 11 is 0. The molecule has 1 aromatic heterocycles. The highest BCUT2D eigenvalue weighted by atomic mass is 16.4. The molecule has 1 aliphatic rings. The maximum Gasteiger partial charge on any atom is 0.339 e. The molecule has 4 heteroatoms. The molecule has 1 heterocycles. The minimum absolute atomic E-state index is 0.264. The Bertz CT molecular complexity index is 372. The van der Waals surface area contributed by atoms with E-state index < -0.39 is 5.97 Å². The van der Waals surface area contributed by atoms with Crippen LogP contribution in [0.1, 0.15) is 42.3 Å². The molecule has 0 spiro atoms. The van der Waals surface area contributed by atoms with Gasteiger partial charge in [-0.3, -0.25) is 0 Å². The number of hydrogen-bond acceptors (Lipinski definition) is 3. The molecule has 1 aromatic rings. The molecule has 0 aromatic carbocycles. The molecule has 16 heavy (non-hydrogen) atoms. The van der Waals surface area contributed by atoms with Gasteiger partial charge in [-0.1, -0.05) is 13.3 Å². The van der Waals surface area contributed by atoms with Crippen LogP contribution in [0.5, 0.6) is 0 Å². The lowest BCUT2D eigenvalue weighted by Crippen LogP contribution is -2.18. The Morgan fingerprint density at radius 2 is 2.50 bits per heavy atom. The quantitative estimate of drug-likeness (QED) is 0.776. The summed E-state index contributed by atoms with van der Waals surface area (Å²) in [5.41, 5.74) is 0.264. The van der Waals surface area contributed by atoms with Crippen LogP contribution in [0.15, 0.2) is 16.7 Å². The van der Waals surface area contributed by atoms with Crippen molar-refractivity contribution in [2.24, 2.45) is 5.92 Å². The molecule has 2 N–H and O–H groups in total. The predicted octanol–water partition coefficient (Wildman–Crippen LogP) is 2.26. The molecule has 2 atom stereocenters. The van der Waals surface area contributed by atoms with Gasteiger partial charge in [0, 0.05) is 6.04 Å². The number of carboxylic acids is 1. The van der Waals surface area contributed by atoms with E-state index in [2.05, 4.69) is 12.2 Å². The Kier molecular flexibility index (Phi) is 3.29. The number of aromatic carboxylic acids is 1. The van der Waals surface area contributed by atoms with Crippen molar-refractivity contribution in [1.29, 1.82) is 0 Å². The average Bonchev–Trinajstić information content (AvgIpc) is 2.80. The second-order valence-corrected chi connectivity index (χ2v) is 4.33. The third-order valence-electron chi connectivity index (χ3n) is 3.08. The summed E-state index contributed by atoms with van der Waals surface area (Å²) < 4.78 is 5.16. The normalized spacial score (nSPS) is 23.3. The van der Waals surface area contributed by atoms with E-state index in [-0.39, 0.29) is 5.56 Å². The molecule has 1 aliphatic carbocycles. The summed E-state index contributed by atoms with van der Waals surface area (Å²) in [6.45, 7) is 2.70. The minimum atomic E-state index is -0.925. The number of nitrogens with one attached hydrogen (secondary N) is 1. The van der Waals surface area contributed by atoms with E-state index in [1.54, 1.807) is 0 Å². The Balaban J connectivity index is 1.82. The van der Waals surface area contributed by atoms with Crippen LogP contribution in [0.2, 0.25) is 0 Å². The summed E-state index contributed by atoms with van der Waals surface area (Å²) in [7, 11) is 0. The summed E-state index contributed by atoms with van der Waals surface area (Å²) in [5.74, 6) is 0.370. The first kappa shape index (κ1) is 11.2. The van der Waals surface area contributed by atoms with Gasteiger partial charge in [-0.2, -0.15) is 0 Å². The molecule has 4 nitrogen and oxygen atoms in total. The lowest BCUT2D eigenvalue weighted by atomic mass is 10.2. The predicted molar refractivity (Wildman–Crippen MR) is 59.3 cm³/mol. The van der Waals surface area contributed by atoms with Crippen LogP contribution in [0.3, 0.4) is 0 Å². The van der Waals surface area contributed by atoms with E-state index in [1.807, 2.05) is 0 Å². The smallest absolute Gasteiger partial charge is 0.339 e. The molecule has 1 saturated carbocycles. The lowest BCUT2D eigenvalue weighted by Gasteiger charge is -2.02. The van der Waals surface area contributed by atoms with E-state index in [4.69, 9.17) is 9.52 Å². The Labute approximate surface area is 94.6 Å². The highest BCUT2D eigenvalue weighted by Crippen LogP contribution is 2.34. The van der Waals surface area contributed by atoms with Gasteiger partial charge in [0.05, 0.1) is 12.8 Å². The van der Waals surface area contributed by atoms with Crippen molar-refractivity contribution in [2.45, 2.75) is 38.8 Å². The maximum atomic E-state index is 10.8. The zero-order valence-corrected chi connectivity index (χ0v) is 9.40. The van der Waals surface area contributed by atoms with Gasteiger partial charge in [0.2, 0.25) is 0 Å². The molecule has 1 fully saturated rings. The number of carboxylic acid groups (broad SMARTS) is 1. The van der Waals surface area contributed by atoms with Gasteiger partial charge in [-0.25, -0.2) is 4.79 Å². The number of rotatable bonds is 6. The van der Waals surface area contributed by atoms with Crippen LogP contribution in [0, 0.1) is 5.92 Å². The fourth-order valence-corrected chi connectivity index (χ4v) is 2.08. The van der Waals surface area contributed by atoms with Crippen molar-refractivity contribution in [3.8, 4) is 0 Å². The van der Waals surface area contributed by atoms with Crippen molar-refractivity contribution in [2.75, 3.05) is 0 Å². The summed E-state index contributed by atoms with van der Waals surface area (Å²) in [4.78, 5) is 10.8. The van der Waals surface area contributed by atoms with E-state index in [1.165, 1.54) is 31.6 Å². The zero-order valence-electron chi connectivity index (χ0n) is 9.40. The van der Waals surface area contributed by atoms with Crippen molar-refractivity contribution in [3.05, 3.63) is 23.7 Å². The van der Waals surface area contributed by atoms with Crippen LogP contribution in [0.25, 0.3) is 0 Å². The summed E-state index contributed by atoms with van der Waals surface area (Å²) in [6.07, 6.45) is 5.10. The lowest BCUT2D eigenvalue weighted by molar-refractivity contribution is 0.0694. The molecule has 2 rings (SSSR count). The fourth-order valence-electron chi connectivity index (χ4n) is 2.08. The van der Waals surface area contributed by atoms with Gasteiger partial charge in [0.1, 0.15) is 11.3 Å². The van der Waals surface area contributed by atoms with Gasteiger partial charge < -0.3 is 14.8 Å². The van der Waals surface area contributed by atoms with E-state index in [9.17, 15) is 4.79 Å². The van der Waals surface area contributed by atoms with E-state index in [0.717, 1.165) is 5.92 Å². The number of furan rings is 1. The van der Waals surface area contributed by atoms with Crippen molar-refractivity contribution in [3.63, 3.8) is 0 Å². The van der Waals surface area contributed by atoms with Crippen molar-refractivity contribution < 1.29 is 14.3 Å². The van der Waals surface area contributed by atoms with Crippen LogP contribution in [-0.4, -0.2) is 17.1 Å². The molecule has 0 aliphatic heterocycles. The Hall–Kier alpha value is -1.29. The molecule has 0 amide bonds. The zero-order chi connectivity index (χ0) is 11.5. The van der Waals surface area contributed by atoms with Gasteiger partial charge >= 0.3 is 5.97 Å². The number of carbonyl (C=O) groups is 1. The SMILES string of the molecule is CCCC1CC1NCc1occc1C(=O)O. The third kappa shape index (κ3) is 2.44. The minimum Gasteiger partial charge on any atom is -0.478 e. The highest BCUT2D eigenvalue weighted by Gasteiger charge is 2.35. The van der Waals surface area contributed by atoms with Crippen molar-refractivity contribution in [1.82, 2.24) is 5.32 Å². The second-order valence-electron chi connectivity index (χ2n) is 4.33. The largest absolute Gasteiger partial charge is 0.478 e. The fraction of sp³-hybridized carbons (Fsp3) is 0.583. The van der Waals surface area contributed by atoms with Gasteiger partial charge in [-0.15, -0.1) is 0 Å². The standard InChI is InChI=1S/C12H17NO3/c1-2-3-8-6-10(8)13-7-11-9(12(14)15)4-5-16-11/h4-5,8,10,13H,2-3,6-7H2,1H3,(H,14,15).